The highest BCUT2D eigenvalue weighted by Gasteiger charge is 2.24. The van der Waals surface area contributed by atoms with Gasteiger partial charge in [-0.15, -0.1) is 11.3 Å². The van der Waals surface area contributed by atoms with Gasteiger partial charge in [-0.25, -0.2) is 9.37 Å². The van der Waals surface area contributed by atoms with Gasteiger partial charge in [-0.1, -0.05) is 12.1 Å². The molecule has 2 aromatic rings. The molecule has 1 aromatic heterocycles. The lowest BCUT2D eigenvalue weighted by atomic mass is 10.1. The monoisotopic (exact) mass is 319 g/mol. The Kier molecular flexibility index (Phi) is 4.49. The van der Waals surface area contributed by atoms with Gasteiger partial charge in [-0.05, 0) is 24.1 Å². The summed E-state index contributed by atoms with van der Waals surface area (Å²) in [5, 5.41) is 2.86. The van der Waals surface area contributed by atoms with E-state index in [0.717, 1.165) is 29.2 Å². The molecule has 2 N–H and O–H groups in total. The minimum absolute atomic E-state index is 0.0894. The van der Waals surface area contributed by atoms with Crippen LogP contribution in [0.2, 0.25) is 0 Å². The largest absolute Gasteiger partial charge is 0.341 e. The Labute approximate surface area is 132 Å². The number of halogens is 1. The second-order valence-electron chi connectivity index (χ2n) is 5.60. The molecule has 0 aliphatic carbocycles. The minimum atomic E-state index is -0.238. The van der Waals surface area contributed by atoms with E-state index >= 15 is 0 Å². The summed E-state index contributed by atoms with van der Waals surface area (Å²) in [5.74, 6) is -0.149. The number of rotatable bonds is 4. The third-order valence-corrected chi connectivity index (χ3v) is 4.68. The molecule has 3 rings (SSSR count). The zero-order valence-electron chi connectivity index (χ0n) is 12.2. The molecule has 1 atom stereocenters. The van der Waals surface area contributed by atoms with Gasteiger partial charge in [-0.3, -0.25) is 4.79 Å². The molecule has 0 radical (unpaired) electrons. The molecule has 116 valence electrons. The average molecular weight is 319 g/mol. The third kappa shape index (κ3) is 3.69. The van der Waals surface area contributed by atoms with Crippen LogP contribution in [-0.4, -0.2) is 34.9 Å². The number of nitrogens with zero attached hydrogens (tertiary/aromatic N) is 2. The molecule has 1 fully saturated rings. The van der Waals surface area contributed by atoms with E-state index < -0.39 is 0 Å². The van der Waals surface area contributed by atoms with Gasteiger partial charge in [0.05, 0.1) is 17.1 Å². The second-order valence-corrected chi connectivity index (χ2v) is 6.54. The van der Waals surface area contributed by atoms with Crippen LogP contribution in [0.1, 0.15) is 22.7 Å². The minimum Gasteiger partial charge on any atom is -0.341 e. The number of nitrogens with two attached hydrogens (primary N) is 1. The first-order valence-electron chi connectivity index (χ1n) is 7.31. The Morgan fingerprint density at radius 3 is 2.86 bits per heavy atom. The van der Waals surface area contributed by atoms with Gasteiger partial charge in [-0.2, -0.15) is 0 Å². The van der Waals surface area contributed by atoms with E-state index in [1.165, 1.54) is 23.5 Å². The van der Waals surface area contributed by atoms with Gasteiger partial charge in [0.2, 0.25) is 5.91 Å². The summed E-state index contributed by atoms with van der Waals surface area (Å²) >= 11 is 1.53. The van der Waals surface area contributed by atoms with Crippen LogP contribution < -0.4 is 5.73 Å². The van der Waals surface area contributed by atoms with Crippen LogP contribution in [0.5, 0.6) is 0 Å². The van der Waals surface area contributed by atoms with E-state index in [0.29, 0.717) is 19.4 Å². The maximum absolute atomic E-state index is 12.9. The van der Waals surface area contributed by atoms with Crippen molar-refractivity contribution in [3.05, 3.63) is 51.7 Å². The van der Waals surface area contributed by atoms with Crippen molar-refractivity contribution in [2.24, 2.45) is 5.73 Å². The lowest BCUT2D eigenvalue weighted by molar-refractivity contribution is -0.129. The maximum atomic E-state index is 12.9. The van der Waals surface area contributed by atoms with Crippen molar-refractivity contribution in [2.75, 3.05) is 13.1 Å². The maximum Gasteiger partial charge on any atom is 0.228 e. The predicted octanol–water partition coefficient (Wildman–Crippen LogP) is 1.98. The average Bonchev–Trinajstić information content (AvgIpc) is 3.11. The van der Waals surface area contributed by atoms with Crippen LogP contribution in [0.15, 0.2) is 29.6 Å². The molecule has 1 aromatic carbocycles. The van der Waals surface area contributed by atoms with E-state index in [9.17, 15) is 9.18 Å². The van der Waals surface area contributed by atoms with Gasteiger partial charge in [0.1, 0.15) is 5.82 Å². The summed E-state index contributed by atoms with van der Waals surface area (Å²) in [4.78, 5) is 18.5. The number of carbonyl (C=O) groups is 1. The van der Waals surface area contributed by atoms with Crippen LogP contribution in [0.3, 0.4) is 0 Å². The quantitative estimate of drug-likeness (QED) is 0.937. The Morgan fingerprint density at radius 2 is 2.18 bits per heavy atom. The van der Waals surface area contributed by atoms with E-state index in [-0.39, 0.29) is 17.8 Å². The van der Waals surface area contributed by atoms with Crippen LogP contribution in [0, 0.1) is 5.82 Å². The number of hydrogen-bond donors (Lipinski definition) is 1. The summed E-state index contributed by atoms with van der Waals surface area (Å²) < 4.78 is 12.9. The highest BCUT2D eigenvalue weighted by Crippen LogP contribution is 2.17. The van der Waals surface area contributed by atoms with Crippen molar-refractivity contribution in [2.45, 2.75) is 25.3 Å². The zero-order chi connectivity index (χ0) is 15.5. The molecule has 0 bridgehead atoms. The molecular formula is C16H18FN3OS. The Bertz CT molecular complexity index is 656. The van der Waals surface area contributed by atoms with Crippen molar-refractivity contribution in [1.82, 2.24) is 9.88 Å². The number of amides is 1. The molecule has 2 heterocycles. The van der Waals surface area contributed by atoms with Crippen molar-refractivity contribution >= 4 is 17.2 Å². The molecule has 4 nitrogen and oxygen atoms in total. The molecule has 0 spiro atoms. The van der Waals surface area contributed by atoms with Crippen molar-refractivity contribution in [3.8, 4) is 0 Å². The first-order valence-corrected chi connectivity index (χ1v) is 8.19. The van der Waals surface area contributed by atoms with Crippen LogP contribution in [0.25, 0.3) is 0 Å². The zero-order valence-corrected chi connectivity index (χ0v) is 13.0. The molecule has 1 saturated heterocycles. The predicted molar refractivity (Wildman–Crippen MR) is 84.2 cm³/mol. The lowest BCUT2D eigenvalue weighted by Crippen LogP contribution is -2.33. The Hall–Kier alpha value is -1.79. The summed E-state index contributed by atoms with van der Waals surface area (Å²) in [5.41, 5.74) is 7.63. The third-order valence-electron chi connectivity index (χ3n) is 3.78. The second kappa shape index (κ2) is 6.54. The SMILES string of the molecule is N[C@H]1CCN(C(=O)Cc2csc(Cc3ccc(F)cc3)n2)C1. The van der Waals surface area contributed by atoms with Crippen molar-refractivity contribution < 1.29 is 9.18 Å². The molecule has 0 unspecified atom stereocenters. The highest BCUT2D eigenvalue weighted by molar-refractivity contribution is 7.09. The normalized spacial score (nSPS) is 17.9. The number of thiazole rings is 1. The van der Waals surface area contributed by atoms with Crippen LogP contribution in [-0.2, 0) is 17.6 Å². The number of likely N-dealkylation sites (tertiary alicyclic amines) is 1. The highest BCUT2D eigenvalue weighted by atomic mass is 32.1. The van der Waals surface area contributed by atoms with E-state index in [1.54, 1.807) is 12.1 Å². The smallest absolute Gasteiger partial charge is 0.228 e. The first kappa shape index (κ1) is 15.1. The van der Waals surface area contributed by atoms with Gasteiger partial charge >= 0.3 is 0 Å². The molecule has 1 amide bonds. The number of hydrogen-bond acceptors (Lipinski definition) is 4. The molecule has 1 aliphatic heterocycles. The molecular weight excluding hydrogens is 301 g/mol. The van der Waals surface area contributed by atoms with Gasteiger partial charge in [0.25, 0.3) is 0 Å². The lowest BCUT2D eigenvalue weighted by Gasteiger charge is -2.14. The summed E-state index contributed by atoms with van der Waals surface area (Å²) in [6, 6.07) is 6.52. The molecule has 6 heteroatoms. The van der Waals surface area contributed by atoms with Gasteiger partial charge < -0.3 is 10.6 Å². The summed E-state index contributed by atoms with van der Waals surface area (Å²) in [7, 11) is 0. The van der Waals surface area contributed by atoms with Crippen LogP contribution >= 0.6 is 11.3 Å². The fourth-order valence-electron chi connectivity index (χ4n) is 2.57. The fourth-order valence-corrected chi connectivity index (χ4v) is 3.40. The molecule has 0 saturated carbocycles. The molecule has 1 aliphatic rings. The fraction of sp³-hybridized carbons (Fsp3) is 0.375. The number of benzene rings is 1. The molecule has 22 heavy (non-hydrogen) atoms. The number of aromatic nitrogens is 1. The van der Waals surface area contributed by atoms with E-state index in [4.69, 9.17) is 5.73 Å². The summed E-state index contributed by atoms with van der Waals surface area (Å²) in [6.45, 7) is 1.39. The first-order chi connectivity index (χ1) is 10.6. The standard InChI is InChI=1S/C16H18FN3OS/c17-12-3-1-11(2-4-12)7-15-19-14(10-22-15)8-16(21)20-6-5-13(18)9-20/h1-4,10,13H,5-9,18H2/t13-/m0/s1. The van der Waals surface area contributed by atoms with Gasteiger partial charge in [0.15, 0.2) is 0 Å². The Morgan fingerprint density at radius 1 is 1.41 bits per heavy atom. The Balaban J connectivity index is 1.59. The van der Waals surface area contributed by atoms with Gasteiger partial charge in [0, 0.05) is 30.9 Å². The van der Waals surface area contributed by atoms with Crippen molar-refractivity contribution in [1.29, 1.82) is 0 Å². The summed E-state index contributed by atoms with van der Waals surface area (Å²) in [6.07, 6.45) is 1.86. The van der Waals surface area contributed by atoms with E-state index in [1.807, 2.05) is 10.3 Å². The van der Waals surface area contributed by atoms with E-state index in [2.05, 4.69) is 4.98 Å². The van der Waals surface area contributed by atoms with Crippen LogP contribution in [0.4, 0.5) is 4.39 Å². The topological polar surface area (TPSA) is 59.2 Å². The number of carbonyl (C=O) groups excluding carboxylic acids is 1. The van der Waals surface area contributed by atoms with Crippen molar-refractivity contribution in [3.63, 3.8) is 0 Å².